The highest BCUT2D eigenvalue weighted by molar-refractivity contribution is 9.10. The number of carbonyl (C=O) groups is 2. The Morgan fingerprint density at radius 2 is 2.12 bits per heavy atom. The zero-order valence-corrected chi connectivity index (χ0v) is 16.1. The molecule has 1 aromatic carbocycles. The highest BCUT2D eigenvalue weighted by Crippen LogP contribution is 2.32. The molecule has 1 saturated carbocycles. The van der Waals surface area contributed by atoms with Gasteiger partial charge in [0, 0.05) is 22.7 Å². The van der Waals surface area contributed by atoms with Gasteiger partial charge in [-0.3, -0.25) is 9.59 Å². The molecule has 0 aromatic heterocycles. The van der Waals surface area contributed by atoms with Gasteiger partial charge in [-0.1, -0.05) is 28.8 Å². The second-order valence-corrected chi connectivity index (χ2v) is 7.92. The Bertz CT molecular complexity index is 631. The Morgan fingerprint density at radius 1 is 1.42 bits per heavy atom. The van der Waals surface area contributed by atoms with Gasteiger partial charge in [-0.25, -0.2) is 0 Å². The maximum atomic E-state index is 12.7. The number of benzene rings is 1. The fourth-order valence-electron chi connectivity index (χ4n) is 3.28. The zero-order chi connectivity index (χ0) is 17.9. The third-order valence-corrected chi connectivity index (χ3v) is 5.27. The number of nitrogens with zero attached hydrogens (tertiary/aromatic N) is 1. The van der Waals surface area contributed by atoms with Crippen LogP contribution >= 0.6 is 15.9 Å². The molecule has 1 aliphatic carbocycles. The molecule has 1 fully saturated rings. The summed E-state index contributed by atoms with van der Waals surface area (Å²) in [5.41, 5.74) is 7.53. The first-order valence-corrected chi connectivity index (χ1v) is 9.10. The van der Waals surface area contributed by atoms with Gasteiger partial charge in [0.05, 0.1) is 12.5 Å². The number of carbonyl (C=O) groups excluding carboxylic acids is 2. The van der Waals surface area contributed by atoms with Crippen LogP contribution in [0.15, 0.2) is 22.7 Å². The Morgan fingerprint density at radius 3 is 2.75 bits per heavy atom. The molecule has 2 atom stereocenters. The predicted molar refractivity (Wildman–Crippen MR) is 99.7 cm³/mol. The lowest BCUT2D eigenvalue weighted by molar-refractivity contribution is -0.139. The van der Waals surface area contributed by atoms with Crippen LogP contribution in [0.1, 0.15) is 38.2 Å². The van der Waals surface area contributed by atoms with E-state index in [0.717, 1.165) is 41.4 Å². The maximum Gasteiger partial charge on any atom is 0.243 e. The molecular formula is C18H26BrN3O2. The van der Waals surface area contributed by atoms with E-state index in [4.69, 9.17) is 5.73 Å². The van der Waals surface area contributed by atoms with Crippen molar-refractivity contribution in [2.24, 2.45) is 11.7 Å². The fourth-order valence-corrected chi connectivity index (χ4v) is 3.76. The van der Waals surface area contributed by atoms with Crippen LogP contribution in [0.5, 0.6) is 0 Å². The normalized spacial score (nSPS) is 23.6. The van der Waals surface area contributed by atoms with Crippen molar-refractivity contribution in [3.05, 3.63) is 28.2 Å². The maximum absolute atomic E-state index is 12.7. The number of nitrogens with one attached hydrogen (secondary N) is 1. The third kappa shape index (κ3) is 4.57. The monoisotopic (exact) mass is 395 g/mol. The van der Waals surface area contributed by atoms with Gasteiger partial charge < -0.3 is 16.0 Å². The summed E-state index contributed by atoms with van der Waals surface area (Å²) in [5.74, 6) is -0.452. The van der Waals surface area contributed by atoms with Crippen LogP contribution < -0.4 is 11.1 Å². The quantitative estimate of drug-likeness (QED) is 0.822. The van der Waals surface area contributed by atoms with Crippen LogP contribution in [0, 0.1) is 12.8 Å². The van der Waals surface area contributed by atoms with Crippen molar-refractivity contribution < 1.29 is 9.59 Å². The molecule has 0 saturated heterocycles. The number of aryl methyl sites for hydroxylation is 1. The Labute approximate surface area is 152 Å². The first-order chi connectivity index (χ1) is 11.2. The first kappa shape index (κ1) is 18.9. The number of amides is 2. The Balaban J connectivity index is 1.96. The predicted octanol–water partition coefficient (Wildman–Crippen LogP) is 3.06. The van der Waals surface area contributed by atoms with Gasteiger partial charge in [0.25, 0.3) is 0 Å². The molecular weight excluding hydrogens is 370 g/mol. The number of likely N-dealkylation sites (N-methyl/N-ethyl adjacent to an activating group) is 1. The second kappa shape index (κ2) is 7.66. The van der Waals surface area contributed by atoms with Crippen molar-refractivity contribution >= 4 is 33.4 Å². The second-order valence-electron chi connectivity index (χ2n) is 7.01. The van der Waals surface area contributed by atoms with Crippen molar-refractivity contribution in [1.29, 1.82) is 0 Å². The summed E-state index contributed by atoms with van der Waals surface area (Å²) in [6.45, 7) is 3.89. The molecule has 2 unspecified atom stereocenters. The molecule has 2 amide bonds. The minimum Gasteiger partial charge on any atom is -0.336 e. The van der Waals surface area contributed by atoms with E-state index >= 15 is 0 Å². The average molecular weight is 396 g/mol. The molecule has 2 rings (SSSR count). The van der Waals surface area contributed by atoms with Crippen LogP contribution in [-0.4, -0.2) is 35.8 Å². The molecule has 0 heterocycles. The molecule has 132 valence electrons. The summed E-state index contributed by atoms with van der Waals surface area (Å²) in [6.07, 6.45) is 3.72. The molecule has 5 nitrogen and oxygen atoms in total. The van der Waals surface area contributed by atoms with Gasteiger partial charge >= 0.3 is 0 Å². The summed E-state index contributed by atoms with van der Waals surface area (Å²) < 4.78 is 0.963. The van der Waals surface area contributed by atoms with Crippen molar-refractivity contribution in [2.45, 2.75) is 45.1 Å². The zero-order valence-electron chi connectivity index (χ0n) is 14.6. The SMILES string of the molecule is Cc1cc(Br)ccc1NC(=O)CN(C)C(=O)C1CCCCC1(C)N. The van der Waals surface area contributed by atoms with Crippen LogP contribution in [0.2, 0.25) is 0 Å². The van der Waals surface area contributed by atoms with Gasteiger partial charge in [-0.15, -0.1) is 0 Å². The Hall–Kier alpha value is -1.40. The molecule has 1 aliphatic rings. The lowest BCUT2D eigenvalue weighted by Crippen LogP contribution is -2.53. The first-order valence-electron chi connectivity index (χ1n) is 8.30. The number of anilines is 1. The summed E-state index contributed by atoms with van der Waals surface area (Å²) in [6, 6.07) is 5.66. The topological polar surface area (TPSA) is 75.4 Å². The van der Waals surface area contributed by atoms with E-state index in [-0.39, 0.29) is 24.3 Å². The molecule has 3 N–H and O–H groups in total. The minimum atomic E-state index is -0.484. The standard InChI is InChI=1S/C18H26BrN3O2/c1-12-10-13(19)7-8-15(12)21-16(23)11-22(3)17(24)14-6-4-5-9-18(14,2)20/h7-8,10,14H,4-6,9,11,20H2,1-3H3,(H,21,23). The van der Waals surface area contributed by atoms with Gasteiger partial charge in [-0.05, 0) is 50.5 Å². The van der Waals surface area contributed by atoms with Gasteiger partial charge in [0.1, 0.15) is 0 Å². The number of rotatable bonds is 4. The van der Waals surface area contributed by atoms with Gasteiger partial charge in [0.15, 0.2) is 0 Å². The number of hydrogen-bond donors (Lipinski definition) is 2. The van der Waals surface area contributed by atoms with E-state index < -0.39 is 5.54 Å². The smallest absolute Gasteiger partial charge is 0.243 e. The van der Waals surface area contributed by atoms with Gasteiger partial charge in [0.2, 0.25) is 11.8 Å². The molecule has 24 heavy (non-hydrogen) atoms. The van der Waals surface area contributed by atoms with E-state index in [9.17, 15) is 9.59 Å². The van der Waals surface area contributed by atoms with E-state index in [1.54, 1.807) is 7.05 Å². The molecule has 0 spiro atoms. The number of nitrogens with two attached hydrogens (primary N) is 1. The van der Waals surface area contributed by atoms with E-state index in [0.29, 0.717) is 0 Å². The lowest BCUT2D eigenvalue weighted by Gasteiger charge is -2.39. The van der Waals surface area contributed by atoms with Crippen LogP contribution in [0.25, 0.3) is 0 Å². The highest BCUT2D eigenvalue weighted by atomic mass is 79.9. The lowest BCUT2D eigenvalue weighted by atomic mass is 9.74. The highest BCUT2D eigenvalue weighted by Gasteiger charge is 2.39. The van der Waals surface area contributed by atoms with Crippen molar-refractivity contribution in [3.8, 4) is 0 Å². The molecule has 0 radical (unpaired) electrons. The average Bonchev–Trinajstić information content (AvgIpc) is 2.49. The third-order valence-electron chi connectivity index (χ3n) is 4.77. The summed E-state index contributed by atoms with van der Waals surface area (Å²) in [4.78, 5) is 26.4. The Kier molecular flexibility index (Phi) is 6.04. The number of halogens is 1. The van der Waals surface area contributed by atoms with E-state index in [2.05, 4.69) is 21.2 Å². The summed E-state index contributed by atoms with van der Waals surface area (Å²) in [5, 5.41) is 2.86. The van der Waals surface area contributed by atoms with E-state index in [1.807, 2.05) is 32.0 Å². The van der Waals surface area contributed by atoms with Crippen molar-refractivity contribution in [1.82, 2.24) is 4.90 Å². The van der Waals surface area contributed by atoms with Crippen LogP contribution in [0.3, 0.4) is 0 Å². The van der Waals surface area contributed by atoms with Crippen LogP contribution in [0.4, 0.5) is 5.69 Å². The summed E-state index contributed by atoms with van der Waals surface area (Å²) in [7, 11) is 1.67. The van der Waals surface area contributed by atoms with Crippen molar-refractivity contribution in [2.75, 3.05) is 18.9 Å². The van der Waals surface area contributed by atoms with Crippen molar-refractivity contribution in [3.63, 3.8) is 0 Å². The van der Waals surface area contributed by atoms with Crippen LogP contribution in [-0.2, 0) is 9.59 Å². The largest absolute Gasteiger partial charge is 0.336 e. The molecule has 0 bridgehead atoms. The minimum absolute atomic E-state index is 0.0287. The molecule has 0 aliphatic heterocycles. The summed E-state index contributed by atoms with van der Waals surface area (Å²) >= 11 is 3.40. The molecule has 6 heteroatoms. The van der Waals surface area contributed by atoms with E-state index in [1.165, 1.54) is 4.90 Å². The fraction of sp³-hybridized carbons (Fsp3) is 0.556. The van der Waals surface area contributed by atoms with Gasteiger partial charge in [-0.2, -0.15) is 0 Å². The molecule has 1 aromatic rings. The number of hydrogen-bond acceptors (Lipinski definition) is 3.